The fourth-order valence-electron chi connectivity index (χ4n) is 10.1. The lowest BCUT2D eigenvalue weighted by atomic mass is 9.48. The molecule has 0 heterocycles. The minimum atomic E-state index is -5.15. The largest absolute Gasteiger partial charge is 0.462 e. The number of carbonyl (C=O) groups is 3. The number of alkyl halides is 9. The van der Waals surface area contributed by atoms with Crippen molar-refractivity contribution < 1.29 is 104 Å². The van der Waals surface area contributed by atoms with Crippen LogP contribution < -0.4 is 0 Å². The highest BCUT2D eigenvalue weighted by Gasteiger charge is 2.65. The quantitative estimate of drug-likeness (QED) is 0.0555. The fourth-order valence-corrected chi connectivity index (χ4v) is 11.2. The third-order valence-electron chi connectivity index (χ3n) is 15.6. The maximum absolute atomic E-state index is 13.3. The Morgan fingerprint density at radius 2 is 1.12 bits per heavy atom. The summed E-state index contributed by atoms with van der Waals surface area (Å²) in [6, 6.07) is 6.32. The van der Waals surface area contributed by atoms with E-state index in [1.54, 1.807) is 46.8 Å². The van der Waals surface area contributed by atoms with E-state index >= 15 is 0 Å². The van der Waals surface area contributed by atoms with E-state index in [1.807, 2.05) is 6.92 Å². The minimum absolute atomic E-state index is 0.0113. The summed E-state index contributed by atoms with van der Waals surface area (Å²) in [5, 5.41) is 20.0. The summed E-state index contributed by atoms with van der Waals surface area (Å²) >= 11 is 0. The first kappa shape index (κ1) is 64.0. The van der Waals surface area contributed by atoms with Gasteiger partial charge in [0.2, 0.25) is 6.10 Å². The van der Waals surface area contributed by atoms with Crippen molar-refractivity contribution in [3.05, 3.63) is 29.8 Å². The molecule has 1 aromatic rings. The Morgan fingerprint density at radius 3 is 1.49 bits per heavy atom. The predicted molar refractivity (Wildman–Crippen MR) is 245 cm³/mol. The molecule has 8 atom stereocenters. The number of aliphatic hydroxyl groups is 2. The number of ether oxygens (including phenoxy) is 3. The zero-order chi connectivity index (χ0) is 56.6. The molecule has 5 aliphatic rings. The first-order chi connectivity index (χ1) is 32.7. The van der Waals surface area contributed by atoms with Gasteiger partial charge in [-0.15, -0.1) is 0 Å². The molecule has 8 unspecified atom stereocenters. The number of rotatable bonds is 15. The second-order valence-corrected chi connectivity index (χ2v) is 25.2. The number of benzene rings is 1. The van der Waals surface area contributed by atoms with Crippen LogP contribution in [0.15, 0.2) is 29.2 Å². The van der Waals surface area contributed by atoms with Crippen LogP contribution in [0.3, 0.4) is 0 Å². The third-order valence-corrected chi connectivity index (χ3v) is 17.2. The molecule has 0 aromatic heterocycles. The van der Waals surface area contributed by atoms with E-state index in [1.165, 1.54) is 12.1 Å². The zero-order valence-electron chi connectivity index (χ0n) is 42.6. The Balaban J connectivity index is 0.000000308. The molecule has 73 heavy (non-hydrogen) atoms. The monoisotopic (exact) mass is 1110 g/mol. The topological polar surface area (TPSA) is 228 Å². The summed E-state index contributed by atoms with van der Waals surface area (Å²) in [5.41, 5.74) is -9.39. The van der Waals surface area contributed by atoms with Crippen LogP contribution >= 0.6 is 0 Å². The summed E-state index contributed by atoms with van der Waals surface area (Å²) in [6.07, 6.45) is -16.7. The van der Waals surface area contributed by atoms with Gasteiger partial charge in [-0.2, -0.15) is 56.3 Å². The van der Waals surface area contributed by atoms with Crippen molar-refractivity contribution in [2.45, 2.75) is 205 Å². The number of hydrogen-bond donors (Lipinski definition) is 4. The highest BCUT2D eigenvalue weighted by molar-refractivity contribution is 7.86. The van der Waals surface area contributed by atoms with Gasteiger partial charge in [-0.05, 0) is 148 Å². The SMILES string of the molecule is CCC(C)(C)C(=O)OC12CC3CC(C1)CC(C(=O)OC(CS(=O)(=O)O)C(F)(F)F)(C3)C2.CCC(C)(C)C(=O)OC1CC(C(C)(O)C(F)(F)F)CC(C(C)(O)C(F)(F)F)C1.CCC(C)c1ccc(S(=O)(=O)O)cc1. The van der Waals surface area contributed by atoms with Gasteiger partial charge < -0.3 is 24.4 Å². The lowest BCUT2D eigenvalue weighted by Gasteiger charge is -2.60. The van der Waals surface area contributed by atoms with Crippen LogP contribution in [0, 0.1) is 39.9 Å². The van der Waals surface area contributed by atoms with Gasteiger partial charge in [-0.25, -0.2) is 0 Å². The van der Waals surface area contributed by atoms with Crippen molar-refractivity contribution in [3.8, 4) is 0 Å². The standard InChI is InChI=1S/C20H29F3O7S.C18H28F6O4.C10H14O3S/c1-4-17(2,3)15(24)30-19-8-12-5-13(9-19)7-18(6-12,11-19)16(25)29-14(20(21,22)23)10-31(26,27)28;1-6-14(2,3)13(25)28-12-8-10(15(4,26)17(19,20)21)7-11(9-12)16(5,27)18(22,23)24;1-3-8(2)9-4-6-10(7-5-9)14(11,12)13/h12-14H,4-11H2,1-3H3,(H,26,27,28);10-12,26-27H,6-9H2,1-5H3;4-8H,3H2,1-2H3,(H,11,12,13). The van der Waals surface area contributed by atoms with Gasteiger partial charge in [-0.1, -0.05) is 39.8 Å². The molecule has 25 heteroatoms. The average Bonchev–Trinajstić information content (AvgIpc) is 3.23. The smallest absolute Gasteiger partial charge is 0.426 e. The molecular formula is C48H71F9O14S2. The van der Waals surface area contributed by atoms with E-state index in [2.05, 4.69) is 18.6 Å². The summed E-state index contributed by atoms with van der Waals surface area (Å²) in [4.78, 5) is 37.9. The maximum Gasteiger partial charge on any atom is 0.426 e. The van der Waals surface area contributed by atoms with Gasteiger partial charge in [0.25, 0.3) is 20.2 Å². The molecular weight excluding hydrogens is 1040 g/mol. The van der Waals surface area contributed by atoms with Crippen molar-refractivity contribution >= 4 is 38.1 Å². The Morgan fingerprint density at radius 1 is 0.685 bits per heavy atom. The second-order valence-electron chi connectivity index (χ2n) is 22.2. The highest BCUT2D eigenvalue weighted by atomic mass is 32.2. The second kappa shape index (κ2) is 22.4. The highest BCUT2D eigenvalue weighted by Crippen LogP contribution is 2.64. The van der Waals surface area contributed by atoms with Crippen LogP contribution in [-0.2, 0) is 48.8 Å². The summed E-state index contributed by atoms with van der Waals surface area (Å²) < 4.78 is 196. The van der Waals surface area contributed by atoms with Crippen molar-refractivity contribution in [1.29, 1.82) is 0 Å². The first-order valence-corrected chi connectivity index (χ1v) is 27.1. The summed E-state index contributed by atoms with van der Waals surface area (Å²) in [5.74, 6) is -6.97. The number of halogens is 9. The lowest BCUT2D eigenvalue weighted by Crippen LogP contribution is -2.61. The number of carbonyl (C=O) groups excluding carboxylic acids is 3. The Hall–Kier alpha value is -3.26. The van der Waals surface area contributed by atoms with Crippen LogP contribution in [0.25, 0.3) is 0 Å². The predicted octanol–water partition coefficient (Wildman–Crippen LogP) is 10.5. The van der Waals surface area contributed by atoms with Crippen molar-refractivity contribution in [2.75, 3.05) is 5.75 Å². The molecule has 0 radical (unpaired) electrons. The number of esters is 3. The molecule has 4 bridgehead atoms. The van der Waals surface area contributed by atoms with Crippen molar-refractivity contribution in [2.24, 2.45) is 39.9 Å². The molecule has 1 aromatic carbocycles. The van der Waals surface area contributed by atoms with Gasteiger partial charge in [0.1, 0.15) is 17.5 Å². The van der Waals surface area contributed by atoms with Crippen LogP contribution in [-0.4, -0.2) is 107 Å². The van der Waals surface area contributed by atoms with E-state index in [-0.39, 0.29) is 23.2 Å². The Labute approximate surface area is 421 Å². The van der Waals surface area contributed by atoms with Crippen molar-refractivity contribution in [3.63, 3.8) is 0 Å². The summed E-state index contributed by atoms with van der Waals surface area (Å²) in [6.45, 7) is 15.3. The van der Waals surface area contributed by atoms with Crippen LogP contribution in [0.4, 0.5) is 39.5 Å². The molecule has 4 N–H and O–H groups in total. The molecule has 14 nitrogen and oxygen atoms in total. The van der Waals surface area contributed by atoms with Crippen LogP contribution in [0.5, 0.6) is 0 Å². The normalized spacial score (nSPS) is 28.1. The molecule has 6 rings (SSSR count). The number of hydrogen-bond acceptors (Lipinski definition) is 12. The van der Waals surface area contributed by atoms with Gasteiger partial charge in [0.05, 0.1) is 21.1 Å². The molecule has 5 saturated carbocycles. The van der Waals surface area contributed by atoms with Gasteiger partial charge >= 0.3 is 36.4 Å². The Kier molecular flexibility index (Phi) is 19.6. The molecule has 422 valence electrons. The molecule has 5 aliphatic carbocycles. The molecule has 5 fully saturated rings. The van der Waals surface area contributed by atoms with Gasteiger partial charge in [0.15, 0.2) is 11.2 Å². The van der Waals surface area contributed by atoms with E-state index < -0.39 is 139 Å². The summed E-state index contributed by atoms with van der Waals surface area (Å²) in [7, 11) is -9.07. The lowest BCUT2D eigenvalue weighted by molar-refractivity contribution is -0.299. The van der Waals surface area contributed by atoms with E-state index in [4.69, 9.17) is 18.6 Å². The van der Waals surface area contributed by atoms with Crippen molar-refractivity contribution in [1.82, 2.24) is 0 Å². The molecule has 0 aliphatic heterocycles. The van der Waals surface area contributed by atoms with E-state index in [0.29, 0.717) is 58.3 Å². The third kappa shape index (κ3) is 15.9. The zero-order valence-corrected chi connectivity index (χ0v) is 44.3. The average molecular weight is 1110 g/mol. The fraction of sp³-hybridized carbons (Fsp3) is 0.812. The Bertz CT molecular complexity index is 2260. The minimum Gasteiger partial charge on any atom is -0.462 e. The molecule has 0 spiro atoms. The van der Waals surface area contributed by atoms with Gasteiger partial charge in [-0.3, -0.25) is 23.5 Å². The van der Waals surface area contributed by atoms with Crippen LogP contribution in [0.2, 0.25) is 0 Å². The first-order valence-electron chi connectivity index (χ1n) is 24.0. The molecule has 0 saturated heterocycles. The van der Waals surface area contributed by atoms with Gasteiger partial charge in [0, 0.05) is 18.3 Å². The van der Waals surface area contributed by atoms with E-state index in [9.17, 15) is 80.9 Å². The molecule has 0 amide bonds. The van der Waals surface area contributed by atoms with E-state index in [0.717, 1.165) is 18.4 Å². The maximum atomic E-state index is 13.3. The van der Waals surface area contributed by atoms with Crippen LogP contribution in [0.1, 0.15) is 158 Å².